The summed E-state index contributed by atoms with van der Waals surface area (Å²) in [6, 6.07) is 14.6. The van der Waals surface area contributed by atoms with Gasteiger partial charge in [0.2, 0.25) is 17.7 Å². The summed E-state index contributed by atoms with van der Waals surface area (Å²) in [5.41, 5.74) is 3.05. The summed E-state index contributed by atoms with van der Waals surface area (Å²) in [4.78, 5) is 72.6. The van der Waals surface area contributed by atoms with Crippen LogP contribution in [0.1, 0.15) is 93.1 Å². The predicted octanol–water partition coefficient (Wildman–Crippen LogP) is 5.60. The predicted molar refractivity (Wildman–Crippen MR) is 242 cm³/mol. The number of amides is 5. The first-order valence-electron chi connectivity index (χ1n) is 22.6. The van der Waals surface area contributed by atoms with E-state index in [0.717, 1.165) is 36.3 Å². The van der Waals surface area contributed by atoms with Gasteiger partial charge in [-0.05, 0) is 92.5 Å². The number of unbranched alkanes of at least 4 members (excludes halogenated alkanes) is 1. The first-order valence-corrected chi connectivity index (χ1v) is 22.6. The highest BCUT2D eigenvalue weighted by molar-refractivity contribution is 6.23. The van der Waals surface area contributed by atoms with Crippen molar-refractivity contribution in [2.45, 2.75) is 70.5 Å². The summed E-state index contributed by atoms with van der Waals surface area (Å²) < 4.78 is 48.1. The molecule has 22 heteroatoms. The van der Waals surface area contributed by atoms with Gasteiger partial charge in [0.15, 0.2) is 11.4 Å². The number of ether oxygens (including phenoxy) is 2. The largest absolute Gasteiger partial charge is 0.444 e. The Balaban J connectivity index is 0.646. The maximum atomic E-state index is 14.1. The lowest BCUT2D eigenvalue weighted by Crippen LogP contribution is -2.54. The second kappa shape index (κ2) is 21.1. The number of benzene rings is 2. The Morgan fingerprint density at radius 3 is 2.51 bits per heavy atom. The number of aromatic nitrogens is 7. The fourth-order valence-corrected chi connectivity index (χ4v) is 7.84. The van der Waals surface area contributed by atoms with Crippen molar-refractivity contribution in [2.75, 3.05) is 48.9 Å². The van der Waals surface area contributed by atoms with Crippen molar-refractivity contribution in [1.29, 1.82) is 0 Å². The maximum Gasteiger partial charge on any atom is 0.284 e. The summed E-state index contributed by atoms with van der Waals surface area (Å²) in [5, 5.41) is 23.6. The van der Waals surface area contributed by atoms with Crippen molar-refractivity contribution in [3.63, 3.8) is 0 Å². The summed E-state index contributed by atoms with van der Waals surface area (Å²) in [6.07, 6.45) is 7.99. The van der Waals surface area contributed by atoms with Crippen LogP contribution in [0.3, 0.4) is 0 Å². The van der Waals surface area contributed by atoms with E-state index in [1.807, 2.05) is 12.1 Å². The lowest BCUT2D eigenvalue weighted by molar-refractivity contribution is -0.136. The van der Waals surface area contributed by atoms with Gasteiger partial charge < -0.3 is 29.8 Å². The third-order valence-corrected chi connectivity index (χ3v) is 11.8. The quantitative estimate of drug-likeness (QED) is 0.0452. The first-order chi connectivity index (χ1) is 33.6. The van der Waals surface area contributed by atoms with Gasteiger partial charge >= 0.3 is 0 Å². The van der Waals surface area contributed by atoms with Crippen molar-refractivity contribution < 1.29 is 46.6 Å². The normalized spacial score (nSPS) is 15.8. The molecule has 0 radical (unpaired) electrons. The third-order valence-electron chi connectivity index (χ3n) is 11.8. The van der Waals surface area contributed by atoms with Crippen LogP contribution in [0.5, 0.6) is 0 Å². The maximum absolute atomic E-state index is 14.1. The van der Waals surface area contributed by atoms with E-state index in [0.29, 0.717) is 73.9 Å². The van der Waals surface area contributed by atoms with Gasteiger partial charge in [0.1, 0.15) is 23.8 Å². The number of nitrogens with one attached hydrogen (secondary N) is 4. The van der Waals surface area contributed by atoms with Gasteiger partial charge in [0.05, 0.1) is 67.8 Å². The number of imide groups is 2. The van der Waals surface area contributed by atoms with Gasteiger partial charge in [-0.15, -0.1) is 5.10 Å². The highest BCUT2D eigenvalue weighted by Crippen LogP contribution is 2.32. The average Bonchev–Trinajstić information content (AvgIpc) is 3.63. The number of fused-ring (bicyclic) bond motifs is 1. The second-order valence-electron chi connectivity index (χ2n) is 16.8. The summed E-state index contributed by atoms with van der Waals surface area (Å²) >= 11 is 0. The number of halogens is 2. The minimum Gasteiger partial charge on any atom is -0.444 e. The highest BCUT2D eigenvalue weighted by Gasteiger charge is 2.44. The van der Waals surface area contributed by atoms with Gasteiger partial charge in [0.25, 0.3) is 24.1 Å². The van der Waals surface area contributed by atoms with E-state index >= 15 is 0 Å². The van der Waals surface area contributed by atoms with E-state index in [9.17, 15) is 32.8 Å². The van der Waals surface area contributed by atoms with Crippen LogP contribution in [0.25, 0.3) is 17.1 Å². The average molecular weight is 947 g/mol. The van der Waals surface area contributed by atoms with Crippen molar-refractivity contribution >= 4 is 46.7 Å². The van der Waals surface area contributed by atoms with E-state index in [1.54, 1.807) is 53.5 Å². The van der Waals surface area contributed by atoms with E-state index < -0.39 is 47.7 Å². The van der Waals surface area contributed by atoms with Crippen LogP contribution < -0.4 is 21.3 Å². The number of piperidine rings is 1. The molecule has 5 amide bonds. The fraction of sp³-hybridized carbons (Fsp3) is 0.362. The van der Waals surface area contributed by atoms with Crippen molar-refractivity contribution in [3.05, 3.63) is 113 Å². The Kier molecular flexibility index (Phi) is 14.2. The SMILES string of the molecule is O=C1CCC(N2C(=O)c3ccc(NCc4cn(CCOCCOCCCCc5ccc(-n6cc(NC(=O)c7coc(-c8ccnc(NCC9CC9)c8)n7)c(C(F)F)n6)cc5)nn4)cc3C2=O)C(=O)N1. The molecule has 1 unspecified atom stereocenters. The van der Waals surface area contributed by atoms with Crippen LogP contribution in [0.15, 0.2) is 83.9 Å². The van der Waals surface area contributed by atoms with Gasteiger partial charge in [-0.25, -0.2) is 28.1 Å². The molecule has 1 saturated carbocycles. The molecule has 6 heterocycles. The molecular weight excluding hydrogens is 899 g/mol. The molecule has 0 bridgehead atoms. The van der Waals surface area contributed by atoms with Crippen molar-refractivity contribution in [2.24, 2.45) is 5.92 Å². The van der Waals surface area contributed by atoms with Gasteiger partial charge in [-0.2, -0.15) is 5.10 Å². The molecule has 358 valence electrons. The van der Waals surface area contributed by atoms with E-state index in [4.69, 9.17) is 13.9 Å². The highest BCUT2D eigenvalue weighted by atomic mass is 19.3. The molecule has 9 rings (SSSR count). The van der Waals surface area contributed by atoms with Crippen LogP contribution in [0.4, 0.5) is 26.0 Å². The van der Waals surface area contributed by atoms with Crippen molar-refractivity contribution in [3.8, 4) is 17.1 Å². The fourth-order valence-electron chi connectivity index (χ4n) is 7.84. The molecule has 1 atom stereocenters. The first kappa shape index (κ1) is 46.4. The van der Waals surface area contributed by atoms with E-state index in [-0.39, 0.29) is 41.2 Å². The minimum absolute atomic E-state index is 0.0489. The molecule has 1 saturated heterocycles. The lowest BCUT2D eigenvalue weighted by Gasteiger charge is -2.27. The Morgan fingerprint density at radius 1 is 0.899 bits per heavy atom. The van der Waals surface area contributed by atoms with Crippen LogP contribution >= 0.6 is 0 Å². The molecule has 4 aromatic heterocycles. The number of hydrogen-bond donors (Lipinski definition) is 4. The number of carbonyl (C=O) groups is 5. The van der Waals surface area contributed by atoms with Gasteiger partial charge in [0, 0.05) is 37.0 Å². The smallest absolute Gasteiger partial charge is 0.284 e. The number of nitrogens with zero attached hydrogens (tertiary/aromatic N) is 8. The van der Waals surface area contributed by atoms with Crippen LogP contribution in [0, 0.1) is 5.92 Å². The molecule has 3 aliphatic rings. The summed E-state index contributed by atoms with van der Waals surface area (Å²) in [7, 11) is 0. The molecule has 2 fully saturated rings. The molecule has 69 heavy (non-hydrogen) atoms. The molecule has 0 spiro atoms. The molecule has 2 aromatic carbocycles. The summed E-state index contributed by atoms with van der Waals surface area (Å²) in [5.74, 6) is -1.43. The molecular formula is C47H48F2N12O8. The van der Waals surface area contributed by atoms with Crippen LogP contribution in [-0.4, -0.2) is 108 Å². The monoisotopic (exact) mass is 946 g/mol. The Hall–Kier alpha value is -7.72. The molecule has 1 aliphatic carbocycles. The third kappa shape index (κ3) is 11.4. The zero-order valence-electron chi connectivity index (χ0n) is 37.2. The Morgan fingerprint density at radius 2 is 1.71 bits per heavy atom. The molecule has 20 nitrogen and oxygen atoms in total. The standard InChI is InChI=1S/C47H48F2N12O8/c48-42(49)41-36(53-43(63)37-27-69-45(54-37)30-14-15-50-39(21-30)52-23-29-4-5-29)26-60(57-41)33-9-6-28(7-10-33)3-1-2-17-67-19-20-68-18-16-59-25-32(56-58-59)24-51-31-8-11-34-35(22-31)47(66)61(46(34)65)38-12-13-40(62)55-44(38)64/h6-11,14-15,21-22,25-27,29,38,42,51H,1-5,12-13,16-20,23-24H2,(H,50,52)(H,53,63)(H,55,62,64). The Labute approximate surface area is 393 Å². The zero-order chi connectivity index (χ0) is 47.9. The van der Waals surface area contributed by atoms with E-state index in [1.165, 1.54) is 36.0 Å². The zero-order valence-corrected chi connectivity index (χ0v) is 37.2. The molecule has 4 N–H and O–H groups in total. The number of rotatable bonds is 23. The Bertz CT molecular complexity index is 2840. The number of hydrogen-bond acceptors (Lipinski definition) is 15. The van der Waals surface area contributed by atoms with Crippen LogP contribution in [0.2, 0.25) is 0 Å². The van der Waals surface area contributed by atoms with Gasteiger partial charge in [-0.3, -0.25) is 34.2 Å². The number of carbonyl (C=O) groups excluding carboxylic acids is 5. The number of anilines is 3. The minimum atomic E-state index is -2.94. The number of aryl methyl sites for hydroxylation is 1. The lowest BCUT2D eigenvalue weighted by atomic mass is 10.0. The number of pyridine rings is 1. The van der Waals surface area contributed by atoms with Gasteiger partial charge in [-0.1, -0.05) is 17.3 Å². The second-order valence-corrected chi connectivity index (χ2v) is 16.8. The number of oxazole rings is 1. The number of alkyl halides is 2. The molecule has 6 aromatic rings. The topological polar surface area (TPSA) is 243 Å². The van der Waals surface area contributed by atoms with Crippen LogP contribution in [-0.2, 0) is 38.6 Å². The van der Waals surface area contributed by atoms with Crippen molar-refractivity contribution in [1.82, 2.24) is 45.0 Å². The molecule has 2 aliphatic heterocycles. The van der Waals surface area contributed by atoms with E-state index in [2.05, 4.69) is 46.6 Å². The summed E-state index contributed by atoms with van der Waals surface area (Å²) in [6.45, 7) is 3.40.